The highest BCUT2D eigenvalue weighted by Crippen LogP contribution is 2.17. The molecular weight excluding hydrogens is 282 g/mol. The smallest absolute Gasteiger partial charge is 0.221 e. The lowest BCUT2D eigenvalue weighted by molar-refractivity contribution is 0.171. The van der Waals surface area contributed by atoms with Crippen molar-refractivity contribution in [2.45, 2.75) is 39.8 Å². The summed E-state index contributed by atoms with van der Waals surface area (Å²) in [4.78, 5) is 2.39. The summed E-state index contributed by atoms with van der Waals surface area (Å²) in [6, 6.07) is 6.17. The summed E-state index contributed by atoms with van der Waals surface area (Å²) in [5, 5.41) is 8.49. The van der Waals surface area contributed by atoms with Crippen molar-refractivity contribution in [2.75, 3.05) is 13.1 Å². The maximum atomic E-state index is 5.55. The van der Waals surface area contributed by atoms with Crippen LogP contribution in [-0.2, 0) is 6.67 Å². The molecule has 0 saturated carbocycles. The van der Waals surface area contributed by atoms with E-state index in [-0.39, 0.29) is 0 Å². The number of benzene rings is 1. The van der Waals surface area contributed by atoms with Crippen molar-refractivity contribution in [1.82, 2.24) is 24.7 Å². The lowest BCUT2D eigenvalue weighted by atomic mass is 10.1. The zero-order chi connectivity index (χ0) is 14.8. The van der Waals surface area contributed by atoms with E-state index in [1.807, 2.05) is 16.8 Å². The monoisotopic (exact) mass is 303 g/mol. The molecule has 1 aromatic heterocycles. The first kappa shape index (κ1) is 14.4. The molecule has 6 heteroatoms. The summed E-state index contributed by atoms with van der Waals surface area (Å²) in [6.45, 7) is 7.18. The van der Waals surface area contributed by atoms with Crippen molar-refractivity contribution >= 4 is 12.2 Å². The van der Waals surface area contributed by atoms with Gasteiger partial charge in [-0.2, -0.15) is 4.68 Å². The van der Waals surface area contributed by atoms with E-state index < -0.39 is 0 Å². The van der Waals surface area contributed by atoms with Crippen LogP contribution in [0, 0.1) is 18.6 Å². The van der Waals surface area contributed by atoms with Gasteiger partial charge in [0.2, 0.25) is 4.77 Å². The van der Waals surface area contributed by atoms with Gasteiger partial charge in [0, 0.05) is 0 Å². The Morgan fingerprint density at radius 2 is 1.86 bits per heavy atom. The fourth-order valence-corrected chi connectivity index (χ4v) is 3.00. The Bertz CT molecular complexity index is 682. The highest BCUT2D eigenvalue weighted by Gasteiger charge is 2.14. The van der Waals surface area contributed by atoms with Crippen molar-refractivity contribution in [2.24, 2.45) is 0 Å². The highest BCUT2D eigenvalue weighted by atomic mass is 32.1. The number of aryl methyl sites for hydroxylation is 1. The number of nitrogens with zero attached hydrogens (tertiary/aromatic N) is 5. The Labute approximate surface area is 130 Å². The SMILES string of the molecule is Cc1cccc(-n2nnn(CN3CCCCC3)c2=S)c1C. The maximum absolute atomic E-state index is 5.55. The first-order valence-electron chi connectivity index (χ1n) is 7.48. The third-order valence-electron chi connectivity index (χ3n) is 4.23. The number of piperidine rings is 1. The molecule has 1 aliphatic rings. The number of hydrogen-bond donors (Lipinski definition) is 0. The van der Waals surface area contributed by atoms with Gasteiger partial charge in [-0.3, -0.25) is 4.90 Å². The molecule has 3 rings (SSSR count). The topological polar surface area (TPSA) is 38.9 Å². The predicted molar refractivity (Wildman–Crippen MR) is 85.1 cm³/mol. The largest absolute Gasteiger partial charge is 0.284 e. The molecule has 1 fully saturated rings. The summed E-state index contributed by atoms with van der Waals surface area (Å²) < 4.78 is 4.25. The van der Waals surface area contributed by atoms with Crippen LogP contribution in [0.25, 0.3) is 5.69 Å². The summed E-state index contributed by atoms with van der Waals surface area (Å²) in [7, 11) is 0. The van der Waals surface area contributed by atoms with Crippen LogP contribution in [0.3, 0.4) is 0 Å². The second-order valence-corrected chi connectivity index (χ2v) is 6.08. The van der Waals surface area contributed by atoms with Crippen LogP contribution < -0.4 is 0 Å². The molecule has 0 bridgehead atoms. The molecule has 0 unspecified atom stereocenters. The normalized spacial score (nSPS) is 16.3. The average molecular weight is 303 g/mol. The Hall–Kier alpha value is -1.53. The van der Waals surface area contributed by atoms with Crippen molar-refractivity contribution < 1.29 is 0 Å². The maximum Gasteiger partial charge on any atom is 0.221 e. The molecule has 0 radical (unpaired) electrons. The molecule has 1 aromatic carbocycles. The summed E-state index contributed by atoms with van der Waals surface area (Å²) >= 11 is 5.55. The summed E-state index contributed by atoms with van der Waals surface area (Å²) in [6.07, 6.45) is 3.86. The average Bonchev–Trinajstić information content (AvgIpc) is 2.84. The molecule has 0 N–H and O–H groups in total. The van der Waals surface area contributed by atoms with Gasteiger partial charge < -0.3 is 0 Å². The standard InChI is InChI=1S/C15H21N5S/c1-12-7-6-8-14(13(12)2)20-15(21)19(16-17-20)11-18-9-4-3-5-10-18/h6-8H,3-5,9-11H2,1-2H3. The lowest BCUT2D eigenvalue weighted by Gasteiger charge is -2.25. The van der Waals surface area contributed by atoms with Crippen molar-refractivity contribution in [3.63, 3.8) is 0 Å². The predicted octanol–water partition coefficient (Wildman–Crippen LogP) is 2.86. The Kier molecular flexibility index (Phi) is 4.17. The fraction of sp³-hybridized carbons (Fsp3) is 0.533. The zero-order valence-corrected chi connectivity index (χ0v) is 13.4. The Morgan fingerprint density at radius 3 is 2.62 bits per heavy atom. The van der Waals surface area contributed by atoms with E-state index in [1.165, 1.54) is 30.4 Å². The van der Waals surface area contributed by atoms with Gasteiger partial charge in [-0.05, 0) is 79.6 Å². The summed E-state index contributed by atoms with van der Waals surface area (Å²) in [5.74, 6) is 0. The molecular formula is C15H21N5S. The Balaban J connectivity index is 1.88. The number of tetrazole rings is 1. The molecule has 0 atom stereocenters. The van der Waals surface area contributed by atoms with E-state index in [9.17, 15) is 0 Å². The zero-order valence-electron chi connectivity index (χ0n) is 12.6. The van der Waals surface area contributed by atoms with Crippen LogP contribution in [-0.4, -0.2) is 37.8 Å². The number of hydrogen-bond acceptors (Lipinski definition) is 4. The van der Waals surface area contributed by atoms with Gasteiger partial charge in [0.25, 0.3) is 0 Å². The minimum absolute atomic E-state index is 0.661. The van der Waals surface area contributed by atoms with Gasteiger partial charge in [-0.25, -0.2) is 4.68 Å². The van der Waals surface area contributed by atoms with Crippen LogP contribution in [0.2, 0.25) is 0 Å². The van der Waals surface area contributed by atoms with E-state index >= 15 is 0 Å². The molecule has 2 heterocycles. The van der Waals surface area contributed by atoms with Crippen molar-refractivity contribution in [1.29, 1.82) is 0 Å². The number of likely N-dealkylation sites (tertiary alicyclic amines) is 1. The molecule has 1 saturated heterocycles. The number of rotatable bonds is 3. The van der Waals surface area contributed by atoms with E-state index in [2.05, 4.69) is 35.2 Å². The Morgan fingerprint density at radius 1 is 1.10 bits per heavy atom. The van der Waals surface area contributed by atoms with Gasteiger partial charge in [0.15, 0.2) is 0 Å². The van der Waals surface area contributed by atoms with Gasteiger partial charge in [-0.1, -0.05) is 18.6 Å². The second kappa shape index (κ2) is 6.07. The van der Waals surface area contributed by atoms with Gasteiger partial charge >= 0.3 is 0 Å². The van der Waals surface area contributed by atoms with Crippen LogP contribution in [0.15, 0.2) is 18.2 Å². The first-order chi connectivity index (χ1) is 10.2. The fourth-order valence-electron chi connectivity index (χ4n) is 2.77. The van der Waals surface area contributed by atoms with E-state index in [0.29, 0.717) is 4.77 Å². The van der Waals surface area contributed by atoms with Crippen LogP contribution >= 0.6 is 12.2 Å². The van der Waals surface area contributed by atoms with Gasteiger partial charge in [-0.15, -0.1) is 0 Å². The molecule has 0 amide bonds. The molecule has 2 aromatic rings. The minimum Gasteiger partial charge on any atom is -0.284 e. The molecule has 5 nitrogen and oxygen atoms in total. The second-order valence-electron chi connectivity index (χ2n) is 5.71. The lowest BCUT2D eigenvalue weighted by Crippen LogP contribution is -2.32. The van der Waals surface area contributed by atoms with Crippen LogP contribution in [0.5, 0.6) is 0 Å². The number of aromatic nitrogens is 4. The minimum atomic E-state index is 0.661. The van der Waals surface area contributed by atoms with E-state index in [4.69, 9.17) is 12.2 Å². The molecule has 0 aliphatic carbocycles. The quantitative estimate of drug-likeness (QED) is 0.817. The van der Waals surface area contributed by atoms with Crippen molar-refractivity contribution in [3.8, 4) is 5.69 Å². The van der Waals surface area contributed by atoms with E-state index in [1.54, 1.807) is 4.68 Å². The van der Waals surface area contributed by atoms with Gasteiger partial charge in [0.1, 0.15) is 0 Å². The first-order valence-corrected chi connectivity index (χ1v) is 7.89. The van der Waals surface area contributed by atoms with Crippen molar-refractivity contribution in [3.05, 3.63) is 34.1 Å². The van der Waals surface area contributed by atoms with Crippen LogP contribution in [0.4, 0.5) is 0 Å². The molecule has 0 spiro atoms. The van der Waals surface area contributed by atoms with Gasteiger partial charge in [0.05, 0.1) is 12.4 Å². The third-order valence-corrected chi connectivity index (χ3v) is 4.61. The molecule has 21 heavy (non-hydrogen) atoms. The van der Waals surface area contributed by atoms with E-state index in [0.717, 1.165) is 25.4 Å². The third kappa shape index (κ3) is 2.91. The molecule has 1 aliphatic heterocycles. The highest BCUT2D eigenvalue weighted by molar-refractivity contribution is 7.71. The molecule has 112 valence electrons. The van der Waals surface area contributed by atoms with Crippen LogP contribution in [0.1, 0.15) is 30.4 Å². The summed E-state index contributed by atoms with van der Waals surface area (Å²) in [5.41, 5.74) is 3.45.